The summed E-state index contributed by atoms with van der Waals surface area (Å²) in [5.41, 5.74) is 11.6. The zero-order chi connectivity index (χ0) is 11.1. The zero-order valence-corrected chi connectivity index (χ0v) is 10.2. The van der Waals surface area contributed by atoms with E-state index in [9.17, 15) is 0 Å². The first-order valence-corrected chi connectivity index (χ1v) is 6.54. The third-order valence-corrected chi connectivity index (χ3v) is 4.17. The Labute approximate surface area is 99.9 Å². The highest BCUT2D eigenvalue weighted by molar-refractivity contribution is 7.16. The van der Waals surface area contributed by atoms with Crippen LogP contribution in [-0.4, -0.2) is 0 Å². The quantitative estimate of drug-likeness (QED) is 0.791. The molecule has 0 saturated heterocycles. The van der Waals surface area contributed by atoms with Gasteiger partial charge >= 0.3 is 0 Å². The largest absolute Gasteiger partial charge is 0.390 e. The third-order valence-electron chi connectivity index (χ3n) is 3.29. The molecule has 0 aliphatic heterocycles. The summed E-state index contributed by atoms with van der Waals surface area (Å²) in [5, 5.41) is 0.940. The van der Waals surface area contributed by atoms with Gasteiger partial charge in [-0.3, -0.25) is 0 Å². The van der Waals surface area contributed by atoms with Crippen molar-refractivity contribution < 1.29 is 0 Å². The van der Waals surface area contributed by atoms with Crippen LogP contribution >= 0.6 is 11.3 Å². The molecule has 2 aromatic rings. The van der Waals surface area contributed by atoms with E-state index in [2.05, 4.69) is 31.2 Å². The van der Waals surface area contributed by atoms with Crippen LogP contribution in [-0.2, 0) is 12.8 Å². The molecule has 0 atom stereocenters. The molecule has 1 aliphatic rings. The van der Waals surface area contributed by atoms with Crippen molar-refractivity contribution in [3.8, 4) is 11.1 Å². The number of aryl methyl sites for hydroxylation is 3. The second-order valence-electron chi connectivity index (χ2n) is 4.47. The highest BCUT2D eigenvalue weighted by Crippen LogP contribution is 2.35. The van der Waals surface area contributed by atoms with Crippen LogP contribution in [0.2, 0.25) is 0 Å². The molecule has 1 heterocycles. The van der Waals surface area contributed by atoms with Gasteiger partial charge in [-0.15, -0.1) is 11.3 Å². The predicted octanol–water partition coefficient (Wildman–Crippen LogP) is 3.79. The number of rotatable bonds is 1. The van der Waals surface area contributed by atoms with Gasteiger partial charge in [0.25, 0.3) is 0 Å². The molecule has 1 aromatic heterocycles. The highest BCUT2D eigenvalue weighted by Gasteiger charge is 2.13. The number of anilines is 1. The smallest absolute Gasteiger partial charge is 0.0938 e. The standard InChI is InChI=1S/C14H15NS/c1-9-7-13(14(15)16-9)12-6-5-10-3-2-4-11(10)8-12/h5-8H,2-4,15H2,1H3. The first-order valence-electron chi connectivity index (χ1n) is 5.72. The van der Waals surface area contributed by atoms with Gasteiger partial charge in [0.15, 0.2) is 0 Å². The molecular weight excluding hydrogens is 214 g/mol. The lowest BCUT2D eigenvalue weighted by Crippen LogP contribution is -1.86. The van der Waals surface area contributed by atoms with Gasteiger partial charge in [-0.2, -0.15) is 0 Å². The molecule has 1 aromatic carbocycles. The molecule has 2 heteroatoms. The number of nitrogen functional groups attached to an aromatic ring is 1. The molecule has 0 unspecified atom stereocenters. The molecule has 82 valence electrons. The van der Waals surface area contributed by atoms with Crippen molar-refractivity contribution in [2.24, 2.45) is 0 Å². The van der Waals surface area contributed by atoms with Gasteiger partial charge in [0, 0.05) is 10.4 Å². The minimum Gasteiger partial charge on any atom is -0.390 e. The van der Waals surface area contributed by atoms with Crippen molar-refractivity contribution >= 4 is 16.3 Å². The second kappa shape index (κ2) is 3.63. The predicted molar refractivity (Wildman–Crippen MR) is 70.9 cm³/mol. The summed E-state index contributed by atoms with van der Waals surface area (Å²) >= 11 is 1.68. The van der Waals surface area contributed by atoms with E-state index in [1.165, 1.54) is 46.4 Å². The normalized spacial score (nSPS) is 14.1. The van der Waals surface area contributed by atoms with Crippen molar-refractivity contribution in [3.63, 3.8) is 0 Å². The van der Waals surface area contributed by atoms with E-state index >= 15 is 0 Å². The summed E-state index contributed by atoms with van der Waals surface area (Å²) in [5.74, 6) is 0. The number of hydrogen-bond donors (Lipinski definition) is 1. The third kappa shape index (κ3) is 1.54. The van der Waals surface area contributed by atoms with Crippen LogP contribution in [0.4, 0.5) is 5.00 Å². The topological polar surface area (TPSA) is 26.0 Å². The van der Waals surface area contributed by atoms with Gasteiger partial charge in [-0.25, -0.2) is 0 Å². The van der Waals surface area contributed by atoms with E-state index in [4.69, 9.17) is 5.73 Å². The van der Waals surface area contributed by atoms with E-state index in [-0.39, 0.29) is 0 Å². The number of thiophene rings is 1. The Morgan fingerprint density at radius 2 is 1.94 bits per heavy atom. The minimum absolute atomic E-state index is 0.940. The number of hydrogen-bond acceptors (Lipinski definition) is 2. The van der Waals surface area contributed by atoms with E-state index in [0.29, 0.717) is 0 Å². The van der Waals surface area contributed by atoms with Crippen LogP contribution in [0.1, 0.15) is 22.4 Å². The summed E-state index contributed by atoms with van der Waals surface area (Å²) in [4.78, 5) is 1.29. The van der Waals surface area contributed by atoms with Crippen molar-refractivity contribution in [2.45, 2.75) is 26.2 Å². The SMILES string of the molecule is Cc1cc(-c2ccc3c(c2)CCC3)c(N)s1. The Morgan fingerprint density at radius 1 is 1.12 bits per heavy atom. The van der Waals surface area contributed by atoms with Crippen molar-refractivity contribution in [3.05, 3.63) is 40.3 Å². The molecule has 0 bridgehead atoms. The van der Waals surface area contributed by atoms with Crippen LogP contribution in [0.15, 0.2) is 24.3 Å². The fourth-order valence-corrected chi connectivity index (χ4v) is 3.31. The maximum absolute atomic E-state index is 6.04. The highest BCUT2D eigenvalue weighted by atomic mass is 32.1. The first kappa shape index (κ1) is 9.91. The molecule has 2 N–H and O–H groups in total. The maximum Gasteiger partial charge on any atom is 0.0938 e. The summed E-state index contributed by atoms with van der Waals surface area (Å²) in [6.07, 6.45) is 3.77. The number of fused-ring (bicyclic) bond motifs is 1. The lowest BCUT2D eigenvalue weighted by Gasteiger charge is -2.04. The van der Waals surface area contributed by atoms with Crippen molar-refractivity contribution in [1.29, 1.82) is 0 Å². The summed E-state index contributed by atoms with van der Waals surface area (Å²) < 4.78 is 0. The molecule has 0 radical (unpaired) electrons. The fourth-order valence-electron chi connectivity index (χ4n) is 2.50. The van der Waals surface area contributed by atoms with Crippen LogP contribution in [0.3, 0.4) is 0 Å². The molecule has 1 aliphatic carbocycles. The number of benzene rings is 1. The molecule has 0 saturated carbocycles. The Kier molecular flexibility index (Phi) is 2.25. The molecule has 1 nitrogen and oxygen atoms in total. The van der Waals surface area contributed by atoms with Crippen LogP contribution in [0.25, 0.3) is 11.1 Å². The average molecular weight is 229 g/mol. The van der Waals surface area contributed by atoms with Gasteiger partial charge in [0.2, 0.25) is 0 Å². The van der Waals surface area contributed by atoms with E-state index in [0.717, 1.165) is 5.00 Å². The Morgan fingerprint density at radius 3 is 2.69 bits per heavy atom. The zero-order valence-electron chi connectivity index (χ0n) is 9.42. The lowest BCUT2D eigenvalue weighted by atomic mass is 10.0. The average Bonchev–Trinajstić information content (AvgIpc) is 2.83. The molecule has 3 rings (SSSR count). The summed E-state index contributed by atoms with van der Waals surface area (Å²) in [7, 11) is 0. The fraction of sp³-hybridized carbons (Fsp3) is 0.286. The van der Waals surface area contributed by atoms with Gasteiger partial charge in [0.05, 0.1) is 5.00 Å². The molecule has 0 amide bonds. The van der Waals surface area contributed by atoms with Gasteiger partial charge < -0.3 is 5.73 Å². The van der Waals surface area contributed by atoms with Crippen molar-refractivity contribution in [2.75, 3.05) is 5.73 Å². The Balaban J connectivity index is 2.10. The second-order valence-corrected chi connectivity index (χ2v) is 5.76. The molecule has 0 spiro atoms. The number of nitrogens with two attached hydrogens (primary N) is 1. The monoisotopic (exact) mass is 229 g/mol. The Bertz CT molecular complexity index is 540. The Hall–Kier alpha value is -1.28. The maximum atomic E-state index is 6.04. The molecular formula is C14H15NS. The minimum atomic E-state index is 0.940. The summed E-state index contributed by atoms with van der Waals surface area (Å²) in [6, 6.07) is 8.99. The lowest BCUT2D eigenvalue weighted by molar-refractivity contribution is 0.912. The van der Waals surface area contributed by atoms with Crippen LogP contribution in [0.5, 0.6) is 0 Å². The van der Waals surface area contributed by atoms with E-state index in [1.54, 1.807) is 11.3 Å². The van der Waals surface area contributed by atoms with Gasteiger partial charge in [0.1, 0.15) is 0 Å². The van der Waals surface area contributed by atoms with Gasteiger partial charge in [-0.1, -0.05) is 18.2 Å². The van der Waals surface area contributed by atoms with Crippen LogP contribution in [0, 0.1) is 6.92 Å². The van der Waals surface area contributed by atoms with E-state index in [1.807, 2.05) is 0 Å². The molecule has 0 fully saturated rings. The van der Waals surface area contributed by atoms with E-state index < -0.39 is 0 Å². The molecule has 16 heavy (non-hydrogen) atoms. The first-order chi connectivity index (χ1) is 7.74. The van der Waals surface area contributed by atoms with Crippen molar-refractivity contribution in [1.82, 2.24) is 0 Å². The van der Waals surface area contributed by atoms with Crippen LogP contribution < -0.4 is 5.73 Å². The van der Waals surface area contributed by atoms with Gasteiger partial charge in [-0.05, 0) is 48.9 Å². The summed E-state index contributed by atoms with van der Waals surface area (Å²) in [6.45, 7) is 2.11.